The van der Waals surface area contributed by atoms with Crippen molar-refractivity contribution in [3.63, 3.8) is 0 Å². The average Bonchev–Trinajstić information content (AvgIpc) is 3.23. The summed E-state index contributed by atoms with van der Waals surface area (Å²) in [4.78, 5) is 13.3. The zero-order valence-corrected chi connectivity index (χ0v) is 15.2. The van der Waals surface area contributed by atoms with Crippen molar-refractivity contribution in [2.75, 3.05) is 0 Å². The molecular weight excluding hydrogens is 316 g/mol. The molecule has 0 N–H and O–H groups in total. The van der Waals surface area contributed by atoms with Crippen molar-refractivity contribution in [2.24, 2.45) is 11.3 Å². The third kappa shape index (κ3) is 1.46. The van der Waals surface area contributed by atoms with Gasteiger partial charge in [-0.3, -0.25) is 4.79 Å². The number of carbonyl (C=O) groups excluding carboxylic acids is 1. The van der Waals surface area contributed by atoms with E-state index in [1.165, 1.54) is 60.4 Å². The maximum absolute atomic E-state index is 13.3. The summed E-state index contributed by atoms with van der Waals surface area (Å²) in [6, 6.07) is 11.8. The molecule has 5 aliphatic rings. The summed E-state index contributed by atoms with van der Waals surface area (Å²) >= 11 is 0. The highest BCUT2D eigenvalue weighted by atomic mass is 16.1. The minimum atomic E-state index is 0.151. The van der Waals surface area contributed by atoms with Crippen LogP contribution in [0.25, 0.3) is 10.8 Å². The second kappa shape index (κ2) is 4.50. The van der Waals surface area contributed by atoms with Crippen molar-refractivity contribution in [3.05, 3.63) is 58.2 Å². The van der Waals surface area contributed by atoms with Crippen LogP contribution in [0.1, 0.15) is 73.5 Å². The summed E-state index contributed by atoms with van der Waals surface area (Å²) < 4.78 is 0. The van der Waals surface area contributed by atoms with E-state index in [4.69, 9.17) is 0 Å². The van der Waals surface area contributed by atoms with Crippen molar-refractivity contribution in [1.82, 2.24) is 0 Å². The van der Waals surface area contributed by atoms with Gasteiger partial charge in [-0.25, -0.2) is 0 Å². The van der Waals surface area contributed by atoms with E-state index >= 15 is 0 Å². The standard InChI is InChI=1S/C25H24O/c26-22-8-7-15-11-14-3-1-4-17-18-5-2-6-21-23(18)16-9-10-25(21,13-16)24(22)20(15)12-19(14)17/h1,3-4,11-12,16,18,24H,2,5-10,13H2. The molecule has 130 valence electrons. The summed E-state index contributed by atoms with van der Waals surface area (Å²) in [5.74, 6) is 2.06. The zero-order valence-electron chi connectivity index (χ0n) is 15.2. The highest BCUT2D eigenvalue weighted by Gasteiger charge is 2.59. The van der Waals surface area contributed by atoms with Crippen molar-refractivity contribution in [3.8, 4) is 0 Å². The van der Waals surface area contributed by atoms with Crippen LogP contribution in [-0.2, 0) is 11.2 Å². The lowest BCUT2D eigenvalue weighted by Gasteiger charge is -2.43. The average molecular weight is 340 g/mol. The molecule has 7 bridgehead atoms. The molecule has 4 unspecified atom stereocenters. The maximum Gasteiger partial charge on any atom is 0.141 e. The first kappa shape index (κ1) is 14.2. The van der Waals surface area contributed by atoms with Crippen molar-refractivity contribution < 1.29 is 4.79 Å². The van der Waals surface area contributed by atoms with Gasteiger partial charge in [-0.05, 0) is 84.4 Å². The van der Waals surface area contributed by atoms with Gasteiger partial charge in [0, 0.05) is 17.8 Å². The summed E-state index contributed by atoms with van der Waals surface area (Å²) in [5.41, 5.74) is 8.14. The predicted octanol–water partition coefficient (Wildman–Crippen LogP) is 5.82. The molecule has 0 amide bonds. The Labute approximate surface area is 154 Å². The van der Waals surface area contributed by atoms with Crippen LogP contribution < -0.4 is 0 Å². The van der Waals surface area contributed by atoms with E-state index in [9.17, 15) is 4.79 Å². The topological polar surface area (TPSA) is 17.1 Å². The SMILES string of the molecule is O=C1CCc2cc3cccc4c3cc2C1C12CCC(C1)C1=C2CCCC14. The summed E-state index contributed by atoms with van der Waals surface area (Å²) in [6.07, 6.45) is 9.41. The Morgan fingerprint density at radius 1 is 1.00 bits per heavy atom. The van der Waals surface area contributed by atoms with Gasteiger partial charge in [-0.15, -0.1) is 0 Å². The van der Waals surface area contributed by atoms with Crippen LogP contribution in [0.15, 0.2) is 41.5 Å². The zero-order chi connectivity index (χ0) is 17.0. The van der Waals surface area contributed by atoms with Crippen LogP contribution >= 0.6 is 0 Å². The lowest BCUT2D eigenvalue weighted by Crippen LogP contribution is -2.36. The van der Waals surface area contributed by atoms with Crippen molar-refractivity contribution in [2.45, 2.75) is 63.2 Å². The Hall–Kier alpha value is -1.89. The van der Waals surface area contributed by atoms with E-state index in [2.05, 4.69) is 30.3 Å². The fourth-order valence-electron chi connectivity index (χ4n) is 7.82. The lowest BCUT2D eigenvalue weighted by molar-refractivity contribution is -0.123. The Morgan fingerprint density at radius 3 is 2.92 bits per heavy atom. The van der Waals surface area contributed by atoms with Gasteiger partial charge in [0.05, 0.1) is 5.92 Å². The van der Waals surface area contributed by atoms with Gasteiger partial charge in [-0.1, -0.05) is 35.4 Å². The number of hydrogen-bond acceptors (Lipinski definition) is 1. The first-order valence-electron chi connectivity index (χ1n) is 10.6. The predicted molar refractivity (Wildman–Crippen MR) is 103 cm³/mol. The van der Waals surface area contributed by atoms with Crippen LogP contribution in [0.4, 0.5) is 0 Å². The number of fused-ring (bicyclic) bond motifs is 2. The molecule has 1 heteroatoms. The summed E-state index contributed by atoms with van der Waals surface area (Å²) in [7, 11) is 0. The molecular formula is C25H24O. The number of Topliss-reactive ketones (excluding diaryl/α,β-unsaturated/α-hetero) is 1. The lowest BCUT2D eigenvalue weighted by atomic mass is 9.60. The number of allylic oxidation sites excluding steroid dienone is 2. The van der Waals surface area contributed by atoms with E-state index in [1.54, 1.807) is 16.7 Å². The van der Waals surface area contributed by atoms with Crippen LogP contribution in [0.5, 0.6) is 0 Å². The van der Waals surface area contributed by atoms with Crippen molar-refractivity contribution in [1.29, 1.82) is 0 Å². The molecule has 1 spiro atoms. The van der Waals surface area contributed by atoms with Gasteiger partial charge in [0.1, 0.15) is 5.78 Å². The quantitative estimate of drug-likeness (QED) is 0.553. The Balaban J connectivity index is 1.67. The second-order valence-electron chi connectivity index (χ2n) is 9.49. The molecule has 0 aromatic heterocycles. The molecule has 2 aromatic rings. The molecule has 26 heavy (non-hydrogen) atoms. The van der Waals surface area contributed by atoms with Gasteiger partial charge >= 0.3 is 0 Å². The van der Waals surface area contributed by atoms with E-state index in [0.29, 0.717) is 11.7 Å². The number of rotatable bonds is 0. The van der Waals surface area contributed by atoms with Crippen LogP contribution in [-0.4, -0.2) is 5.78 Å². The van der Waals surface area contributed by atoms with Crippen LogP contribution in [0.3, 0.4) is 0 Å². The third-order valence-electron chi connectivity index (χ3n) is 8.61. The first-order chi connectivity index (χ1) is 12.8. The van der Waals surface area contributed by atoms with Crippen LogP contribution in [0.2, 0.25) is 0 Å². The monoisotopic (exact) mass is 340 g/mol. The molecule has 4 atom stereocenters. The van der Waals surface area contributed by atoms with E-state index in [1.807, 2.05) is 0 Å². The molecule has 5 aliphatic carbocycles. The number of ketones is 1. The van der Waals surface area contributed by atoms with Crippen LogP contribution in [0, 0.1) is 11.3 Å². The minimum absolute atomic E-state index is 0.151. The number of benzene rings is 2. The second-order valence-corrected chi connectivity index (χ2v) is 9.49. The summed E-state index contributed by atoms with van der Waals surface area (Å²) in [6.45, 7) is 0. The molecule has 1 saturated carbocycles. The third-order valence-corrected chi connectivity index (χ3v) is 8.61. The fourth-order valence-corrected chi connectivity index (χ4v) is 7.82. The van der Waals surface area contributed by atoms with Crippen molar-refractivity contribution >= 4 is 16.6 Å². The smallest absolute Gasteiger partial charge is 0.141 e. The Bertz CT molecular complexity index is 1040. The molecule has 2 aromatic carbocycles. The maximum atomic E-state index is 13.3. The molecule has 1 nitrogen and oxygen atoms in total. The molecule has 0 saturated heterocycles. The number of carbonyl (C=O) groups is 1. The summed E-state index contributed by atoms with van der Waals surface area (Å²) in [5, 5.41) is 2.83. The molecule has 7 rings (SSSR count). The molecule has 0 aliphatic heterocycles. The highest BCUT2D eigenvalue weighted by molar-refractivity contribution is 5.95. The Kier molecular flexibility index (Phi) is 2.46. The molecule has 0 radical (unpaired) electrons. The molecule has 1 fully saturated rings. The Morgan fingerprint density at radius 2 is 1.96 bits per heavy atom. The van der Waals surface area contributed by atoms with Gasteiger partial charge in [0.25, 0.3) is 0 Å². The van der Waals surface area contributed by atoms with Gasteiger partial charge in [0.15, 0.2) is 0 Å². The van der Waals surface area contributed by atoms with Gasteiger partial charge in [0.2, 0.25) is 0 Å². The van der Waals surface area contributed by atoms with Gasteiger partial charge in [-0.2, -0.15) is 0 Å². The minimum Gasteiger partial charge on any atom is -0.299 e. The fraction of sp³-hybridized carbons (Fsp3) is 0.480. The largest absolute Gasteiger partial charge is 0.299 e. The normalized spacial score (nSPS) is 36.5. The first-order valence-corrected chi connectivity index (χ1v) is 10.6. The van der Waals surface area contributed by atoms with E-state index in [0.717, 1.165) is 18.8 Å². The highest BCUT2D eigenvalue weighted by Crippen LogP contribution is 2.69. The van der Waals surface area contributed by atoms with Gasteiger partial charge < -0.3 is 0 Å². The number of hydrogen-bond donors (Lipinski definition) is 0. The van der Waals surface area contributed by atoms with E-state index < -0.39 is 0 Å². The van der Waals surface area contributed by atoms with E-state index in [-0.39, 0.29) is 11.3 Å². The molecule has 0 heterocycles. The number of aryl methyl sites for hydroxylation is 1.